The quantitative estimate of drug-likeness (QED) is 0.339. The average molecular weight is 544 g/mol. The number of aliphatic hydroxyl groups is 1. The molecular weight excluding hydrogens is 510 g/mol. The highest BCUT2D eigenvalue weighted by Gasteiger charge is 2.33. The van der Waals surface area contributed by atoms with Gasteiger partial charge < -0.3 is 20.1 Å². The fraction of sp³-hybridized carbons (Fsp3) is 0.520. The molecule has 3 heterocycles. The largest absolute Gasteiger partial charge is 0.493 e. The van der Waals surface area contributed by atoms with Gasteiger partial charge in [0.1, 0.15) is 5.75 Å². The number of sulfonamides is 1. The maximum absolute atomic E-state index is 12.8. The van der Waals surface area contributed by atoms with E-state index in [1.54, 1.807) is 28.0 Å². The molecule has 0 radical (unpaired) electrons. The van der Waals surface area contributed by atoms with Crippen molar-refractivity contribution in [1.82, 2.24) is 24.6 Å². The van der Waals surface area contributed by atoms with Gasteiger partial charge in [-0.05, 0) is 50.7 Å². The molecule has 1 atom stereocenters. The molecule has 2 fully saturated rings. The zero-order chi connectivity index (χ0) is 26.7. The van der Waals surface area contributed by atoms with E-state index >= 15 is 0 Å². The van der Waals surface area contributed by atoms with E-state index < -0.39 is 16.1 Å². The maximum atomic E-state index is 12.8. The van der Waals surface area contributed by atoms with Crippen molar-refractivity contribution in [2.75, 3.05) is 30.8 Å². The normalized spacial score (nSPS) is 22.1. The molecule has 1 aromatic carbocycles. The molecule has 12 nitrogen and oxygen atoms in total. The first-order valence-electron chi connectivity index (χ1n) is 12.9. The Kier molecular flexibility index (Phi) is 7.77. The fourth-order valence-corrected chi connectivity index (χ4v) is 5.70. The SMILES string of the molecule is NS(=O)(=O)CCCOc1cccc2c1cnn2-c1ccnc(NC2CCC(C(=O)N3CC[C@H](O)C3)CC2)n1. The van der Waals surface area contributed by atoms with Gasteiger partial charge in [-0.15, -0.1) is 0 Å². The number of benzene rings is 1. The van der Waals surface area contributed by atoms with Crippen molar-refractivity contribution in [3.63, 3.8) is 0 Å². The number of carbonyl (C=O) groups is 1. The van der Waals surface area contributed by atoms with Crippen LogP contribution in [0.2, 0.25) is 0 Å². The molecule has 1 aliphatic carbocycles. The van der Waals surface area contributed by atoms with E-state index in [4.69, 9.17) is 9.88 Å². The van der Waals surface area contributed by atoms with Crippen molar-refractivity contribution in [2.45, 2.75) is 50.7 Å². The van der Waals surface area contributed by atoms with Gasteiger partial charge in [0.2, 0.25) is 21.9 Å². The van der Waals surface area contributed by atoms with Crippen LogP contribution in [-0.2, 0) is 14.8 Å². The molecule has 1 saturated heterocycles. The summed E-state index contributed by atoms with van der Waals surface area (Å²) >= 11 is 0. The highest BCUT2D eigenvalue weighted by molar-refractivity contribution is 7.89. The van der Waals surface area contributed by atoms with E-state index in [-0.39, 0.29) is 30.2 Å². The van der Waals surface area contributed by atoms with Crippen LogP contribution in [-0.4, -0.2) is 81.7 Å². The maximum Gasteiger partial charge on any atom is 0.225 e. The lowest BCUT2D eigenvalue weighted by Gasteiger charge is -2.30. The van der Waals surface area contributed by atoms with E-state index in [1.165, 1.54) is 0 Å². The number of hydrogen-bond donors (Lipinski definition) is 3. The number of β-amino-alcohol motifs (C(OH)–C–C–N with tert-alkyl or cyclic N) is 1. The summed E-state index contributed by atoms with van der Waals surface area (Å²) in [7, 11) is -3.52. The van der Waals surface area contributed by atoms with Crippen LogP contribution < -0.4 is 15.2 Å². The monoisotopic (exact) mass is 543 g/mol. The molecule has 4 N–H and O–H groups in total. The van der Waals surface area contributed by atoms with Gasteiger partial charge in [-0.1, -0.05) is 6.07 Å². The number of fused-ring (bicyclic) bond motifs is 1. The number of carbonyl (C=O) groups excluding carboxylic acids is 1. The number of anilines is 1. The van der Waals surface area contributed by atoms with Crippen molar-refractivity contribution in [3.05, 3.63) is 36.7 Å². The fourth-order valence-electron chi connectivity index (χ4n) is 5.18. The number of nitrogens with one attached hydrogen (secondary N) is 1. The number of hydrogen-bond acceptors (Lipinski definition) is 9. The minimum absolute atomic E-state index is 0.0113. The third-order valence-electron chi connectivity index (χ3n) is 7.15. The van der Waals surface area contributed by atoms with Crippen molar-refractivity contribution in [3.8, 4) is 11.6 Å². The zero-order valence-electron chi connectivity index (χ0n) is 21.1. The molecule has 2 aliphatic rings. The smallest absolute Gasteiger partial charge is 0.225 e. The van der Waals surface area contributed by atoms with Crippen LogP contribution in [0.4, 0.5) is 5.95 Å². The molecule has 3 aromatic rings. The molecule has 38 heavy (non-hydrogen) atoms. The Balaban J connectivity index is 1.21. The van der Waals surface area contributed by atoms with Gasteiger partial charge in [0.25, 0.3) is 0 Å². The number of nitrogens with zero attached hydrogens (tertiary/aromatic N) is 5. The Morgan fingerprint density at radius 1 is 1.18 bits per heavy atom. The second-order valence-electron chi connectivity index (χ2n) is 9.97. The third kappa shape index (κ3) is 6.22. The van der Waals surface area contributed by atoms with Gasteiger partial charge >= 0.3 is 0 Å². The summed E-state index contributed by atoms with van der Waals surface area (Å²) in [4.78, 5) is 23.6. The summed E-state index contributed by atoms with van der Waals surface area (Å²) in [5, 5.41) is 23.5. The van der Waals surface area contributed by atoms with Crippen LogP contribution in [0, 0.1) is 5.92 Å². The summed E-state index contributed by atoms with van der Waals surface area (Å²) < 4.78 is 29.8. The summed E-state index contributed by atoms with van der Waals surface area (Å²) in [6.45, 7) is 1.31. The molecule has 13 heteroatoms. The first-order valence-corrected chi connectivity index (χ1v) is 14.7. The Morgan fingerprint density at radius 2 is 2.00 bits per heavy atom. The molecule has 1 aliphatic heterocycles. The van der Waals surface area contributed by atoms with Crippen LogP contribution in [0.1, 0.15) is 38.5 Å². The summed E-state index contributed by atoms with van der Waals surface area (Å²) in [5.41, 5.74) is 0.796. The molecule has 204 valence electrons. The van der Waals surface area contributed by atoms with Crippen molar-refractivity contribution in [2.24, 2.45) is 11.1 Å². The number of rotatable bonds is 9. The van der Waals surface area contributed by atoms with Crippen LogP contribution >= 0.6 is 0 Å². The van der Waals surface area contributed by atoms with Gasteiger partial charge in [0.05, 0.1) is 35.6 Å². The lowest BCUT2D eigenvalue weighted by Crippen LogP contribution is -2.38. The number of ether oxygens (including phenoxy) is 1. The zero-order valence-corrected chi connectivity index (χ0v) is 21.9. The third-order valence-corrected chi connectivity index (χ3v) is 8.00. The van der Waals surface area contributed by atoms with E-state index in [1.807, 2.05) is 18.2 Å². The molecular formula is C25H33N7O5S. The average Bonchev–Trinajstić information content (AvgIpc) is 3.53. The Bertz CT molecular complexity index is 1390. The van der Waals surface area contributed by atoms with Crippen LogP contribution in [0.3, 0.4) is 0 Å². The summed E-state index contributed by atoms with van der Waals surface area (Å²) in [5.74, 6) is 1.73. The van der Waals surface area contributed by atoms with Gasteiger partial charge in [-0.3, -0.25) is 4.79 Å². The minimum Gasteiger partial charge on any atom is -0.493 e. The van der Waals surface area contributed by atoms with Gasteiger partial charge in [0.15, 0.2) is 5.82 Å². The van der Waals surface area contributed by atoms with E-state index in [2.05, 4.69) is 20.4 Å². The number of primary sulfonamides is 1. The molecule has 0 spiro atoms. The highest BCUT2D eigenvalue weighted by atomic mass is 32.2. The number of amides is 1. The second kappa shape index (κ2) is 11.2. The van der Waals surface area contributed by atoms with Crippen molar-refractivity contribution in [1.29, 1.82) is 0 Å². The predicted molar refractivity (Wildman–Crippen MR) is 141 cm³/mol. The van der Waals surface area contributed by atoms with E-state index in [0.717, 1.165) is 36.6 Å². The Labute approximate surface area is 221 Å². The number of nitrogens with two attached hydrogens (primary N) is 1. The molecule has 2 aromatic heterocycles. The summed E-state index contributed by atoms with van der Waals surface area (Å²) in [6, 6.07) is 7.51. The standard InChI is InChI=1S/C25H33N7O5S/c26-38(35,36)14-2-13-37-22-4-1-3-21-20(22)15-28-32(21)23-9-11-27-25(30-23)29-18-7-5-17(6-8-18)24(34)31-12-10-19(33)16-31/h1,3-4,9,11,15,17-19,33H,2,5-8,10,12-14,16H2,(H2,26,35,36)(H,27,29,30)/t17?,18?,19-/m0/s1. The first kappa shape index (κ1) is 26.3. The van der Waals surface area contributed by atoms with Gasteiger partial charge in [-0.2, -0.15) is 10.1 Å². The molecule has 0 unspecified atom stereocenters. The predicted octanol–water partition coefficient (Wildman–Crippen LogP) is 1.44. The summed E-state index contributed by atoms with van der Waals surface area (Å²) in [6.07, 6.45) is 7.22. The first-order chi connectivity index (χ1) is 18.3. The highest BCUT2D eigenvalue weighted by Crippen LogP contribution is 2.30. The Morgan fingerprint density at radius 3 is 2.74 bits per heavy atom. The second-order valence-corrected chi connectivity index (χ2v) is 11.7. The van der Waals surface area contributed by atoms with Crippen LogP contribution in [0.15, 0.2) is 36.7 Å². The van der Waals surface area contributed by atoms with E-state index in [9.17, 15) is 18.3 Å². The van der Waals surface area contributed by atoms with Gasteiger partial charge in [0, 0.05) is 37.3 Å². The van der Waals surface area contributed by atoms with Crippen molar-refractivity contribution >= 4 is 32.8 Å². The topological polar surface area (TPSA) is 166 Å². The van der Waals surface area contributed by atoms with Gasteiger partial charge in [-0.25, -0.2) is 23.2 Å². The van der Waals surface area contributed by atoms with Crippen LogP contribution in [0.5, 0.6) is 5.75 Å². The molecule has 0 bridgehead atoms. The van der Waals surface area contributed by atoms with E-state index in [0.29, 0.717) is 43.4 Å². The minimum atomic E-state index is -3.52. The molecule has 1 amide bonds. The van der Waals surface area contributed by atoms with Crippen molar-refractivity contribution < 1.29 is 23.1 Å². The number of aliphatic hydroxyl groups excluding tert-OH is 1. The molecule has 1 saturated carbocycles. The number of likely N-dealkylation sites (tertiary alicyclic amines) is 1. The van der Waals surface area contributed by atoms with Crippen LogP contribution in [0.25, 0.3) is 16.7 Å². The number of aromatic nitrogens is 4. The molecule has 5 rings (SSSR count). The Hall–Kier alpha value is -3.29. The lowest BCUT2D eigenvalue weighted by molar-refractivity contribution is -0.135. The lowest BCUT2D eigenvalue weighted by atomic mass is 9.85.